The lowest BCUT2D eigenvalue weighted by molar-refractivity contribution is -0.166. The molecule has 0 bridgehead atoms. The van der Waals surface area contributed by atoms with E-state index >= 15 is 0 Å². The molecule has 0 amide bonds. The fourth-order valence-electron chi connectivity index (χ4n) is 3.93. The van der Waals surface area contributed by atoms with E-state index in [1.54, 1.807) is 36.2 Å². The van der Waals surface area contributed by atoms with E-state index in [4.69, 9.17) is 14.2 Å². The number of ether oxygens (including phenoxy) is 3. The number of hydrogen-bond acceptors (Lipinski definition) is 3. The smallest absolute Gasteiger partial charge is 0.412 e. The van der Waals surface area contributed by atoms with Crippen molar-refractivity contribution in [3.05, 3.63) is 71.6 Å². The largest absolute Gasteiger partial charge is 0.496 e. The summed E-state index contributed by atoms with van der Waals surface area (Å²) in [6, 6.07) is 10.8. The summed E-state index contributed by atoms with van der Waals surface area (Å²) >= 11 is 0. The summed E-state index contributed by atoms with van der Waals surface area (Å²) in [5.74, 6) is 1.30. The van der Waals surface area contributed by atoms with Gasteiger partial charge in [-0.3, -0.25) is 0 Å². The lowest BCUT2D eigenvalue weighted by Gasteiger charge is -2.24. The molecule has 3 rings (SSSR count). The molecule has 0 N–H and O–H groups in total. The molecule has 43 heavy (non-hydrogen) atoms. The lowest BCUT2D eigenvalue weighted by atomic mass is 9.88. The molecule has 0 heterocycles. The van der Waals surface area contributed by atoms with Crippen LogP contribution < -0.4 is 19.5 Å². The first-order chi connectivity index (χ1) is 20.4. The highest BCUT2D eigenvalue weighted by Gasteiger charge is 2.45. The van der Waals surface area contributed by atoms with Gasteiger partial charge in [-0.15, -0.1) is 12.8 Å². The molecule has 0 aliphatic heterocycles. The van der Waals surface area contributed by atoms with Gasteiger partial charge < -0.3 is 14.2 Å². The Morgan fingerprint density at radius 1 is 0.860 bits per heavy atom. The van der Waals surface area contributed by atoms with Crippen molar-refractivity contribution in [1.29, 1.82) is 0 Å². The van der Waals surface area contributed by atoms with Gasteiger partial charge in [-0.2, -0.15) is 26.3 Å². The summed E-state index contributed by atoms with van der Waals surface area (Å²) in [5.41, 5.74) is 0.287. The van der Waals surface area contributed by atoms with Gasteiger partial charge in [0.15, 0.2) is 0 Å². The number of rotatable bonds is 8. The quantitative estimate of drug-likeness (QED) is 0.165. The maximum Gasteiger partial charge on any atom is 0.412 e. The van der Waals surface area contributed by atoms with Crippen LogP contribution in [0.2, 0.25) is 0 Å². The molecule has 0 fully saturated rings. The first-order valence-electron chi connectivity index (χ1n) is 13.6. The van der Waals surface area contributed by atoms with Crippen LogP contribution in [0, 0.1) is 18.8 Å². The van der Waals surface area contributed by atoms with E-state index in [9.17, 15) is 26.3 Å². The van der Waals surface area contributed by atoms with Gasteiger partial charge in [0, 0.05) is 16.4 Å². The van der Waals surface area contributed by atoms with Gasteiger partial charge in [0.05, 0.1) is 32.8 Å². The van der Waals surface area contributed by atoms with Crippen LogP contribution in [0.25, 0.3) is 11.1 Å². The molecule has 0 radical (unpaired) electrons. The average Bonchev–Trinajstić information content (AvgIpc) is 3.00. The van der Waals surface area contributed by atoms with Crippen LogP contribution in [0.5, 0.6) is 17.2 Å². The maximum absolute atomic E-state index is 13.2. The number of benzene rings is 2. The van der Waals surface area contributed by atoms with Crippen molar-refractivity contribution in [1.82, 2.24) is 0 Å². The predicted molar refractivity (Wildman–Crippen MR) is 167 cm³/mol. The molecular formula is C33H41F6O3P. The average molecular weight is 631 g/mol. The molecule has 0 saturated heterocycles. The molecule has 1 aliphatic carbocycles. The third-order valence-corrected chi connectivity index (χ3v) is 6.85. The number of alkyl halides is 6. The molecule has 238 valence electrons. The Morgan fingerprint density at radius 3 is 1.81 bits per heavy atom. The van der Waals surface area contributed by atoms with E-state index in [-0.39, 0.29) is 20.6 Å². The number of halogens is 6. The van der Waals surface area contributed by atoms with Crippen molar-refractivity contribution in [2.24, 2.45) is 5.92 Å². The Kier molecular flexibility index (Phi) is 18.2. The Bertz CT molecular complexity index is 1210. The maximum atomic E-state index is 13.2. The Labute approximate surface area is 253 Å². The summed E-state index contributed by atoms with van der Waals surface area (Å²) in [6.07, 6.45) is 1.77. The summed E-state index contributed by atoms with van der Waals surface area (Å²) in [4.78, 5) is 0. The first kappa shape index (κ1) is 39.6. The zero-order valence-corrected chi connectivity index (χ0v) is 26.6. The van der Waals surface area contributed by atoms with Crippen molar-refractivity contribution in [3.63, 3.8) is 0 Å². The second kappa shape index (κ2) is 19.7. The van der Waals surface area contributed by atoms with Crippen LogP contribution in [0.4, 0.5) is 26.3 Å². The molecule has 3 nitrogen and oxygen atoms in total. The van der Waals surface area contributed by atoms with Gasteiger partial charge in [0.25, 0.3) is 0 Å². The molecule has 0 spiro atoms. The van der Waals surface area contributed by atoms with Crippen LogP contribution in [0.1, 0.15) is 47.0 Å². The number of allylic oxidation sites excluding steroid dienone is 5. The summed E-state index contributed by atoms with van der Waals surface area (Å²) in [5, 5.41) is 0.788. The van der Waals surface area contributed by atoms with Crippen LogP contribution >= 0.6 is 8.58 Å². The summed E-state index contributed by atoms with van der Waals surface area (Å²) in [6.45, 7) is 8.25. The lowest BCUT2D eigenvalue weighted by Crippen LogP contribution is -2.27. The van der Waals surface area contributed by atoms with E-state index in [0.29, 0.717) is 22.8 Å². The Morgan fingerprint density at radius 2 is 1.35 bits per heavy atom. The first-order valence-corrected chi connectivity index (χ1v) is 14.7. The fraction of sp³-hybridized carbons (Fsp3) is 0.394. The monoisotopic (exact) mass is 630 g/mol. The van der Waals surface area contributed by atoms with Gasteiger partial charge >= 0.3 is 12.4 Å². The zero-order valence-electron chi connectivity index (χ0n) is 25.6. The molecule has 0 saturated carbocycles. The fourth-order valence-corrected chi connectivity index (χ4v) is 5.03. The van der Waals surface area contributed by atoms with Gasteiger partial charge in [0.2, 0.25) is 0 Å². The van der Waals surface area contributed by atoms with Gasteiger partial charge in [0.1, 0.15) is 17.2 Å². The minimum absolute atomic E-state index is 0.00793. The second-order valence-electron chi connectivity index (χ2n) is 8.64. The van der Waals surface area contributed by atoms with Crippen molar-refractivity contribution in [2.45, 2.75) is 59.3 Å². The van der Waals surface area contributed by atoms with E-state index in [1.165, 1.54) is 27.8 Å². The van der Waals surface area contributed by atoms with Crippen molar-refractivity contribution in [2.75, 3.05) is 21.3 Å². The molecule has 0 aromatic heterocycles. The van der Waals surface area contributed by atoms with Gasteiger partial charge in [-0.05, 0) is 36.6 Å². The van der Waals surface area contributed by atoms with Gasteiger partial charge in [-0.1, -0.05) is 84.9 Å². The molecule has 10 heteroatoms. The summed E-state index contributed by atoms with van der Waals surface area (Å²) < 4.78 is 95.7. The van der Waals surface area contributed by atoms with E-state index in [0.717, 1.165) is 23.0 Å². The number of hydrogen-bond donors (Lipinski definition) is 0. The van der Waals surface area contributed by atoms with Crippen LogP contribution in [0.15, 0.2) is 71.6 Å². The highest BCUT2D eigenvalue weighted by atomic mass is 31.1. The van der Waals surface area contributed by atoms with Crippen molar-refractivity contribution in [3.8, 4) is 41.2 Å². The van der Waals surface area contributed by atoms with E-state index in [1.807, 2.05) is 26.0 Å². The van der Waals surface area contributed by atoms with E-state index < -0.39 is 30.3 Å². The second-order valence-corrected chi connectivity index (χ2v) is 9.76. The predicted octanol–water partition coefficient (Wildman–Crippen LogP) is 10.3. The van der Waals surface area contributed by atoms with Crippen molar-refractivity contribution >= 4 is 13.9 Å². The SMILES string of the molecule is C#C.CC.CCC.COc1cccc(-c2c(OC)cccc2OC)c1PC=CCC1=CC(C(F)(F)F)CC(C(F)(F)F)=C1. The number of terminal acetylenes is 1. The third kappa shape index (κ3) is 12.0. The Balaban J connectivity index is 0.00000232. The Hall–Kier alpha value is -3.37. The van der Waals surface area contributed by atoms with Crippen LogP contribution in [-0.4, -0.2) is 33.7 Å². The molecule has 1 aliphatic rings. The highest BCUT2D eigenvalue weighted by molar-refractivity contribution is 7.51. The minimum atomic E-state index is -4.81. The minimum Gasteiger partial charge on any atom is -0.496 e. The summed E-state index contributed by atoms with van der Waals surface area (Å²) in [7, 11) is 4.60. The molecule has 2 atom stereocenters. The molecule has 2 aromatic rings. The topological polar surface area (TPSA) is 27.7 Å². The van der Waals surface area contributed by atoms with Gasteiger partial charge in [-0.25, -0.2) is 0 Å². The van der Waals surface area contributed by atoms with Crippen molar-refractivity contribution < 1.29 is 40.6 Å². The van der Waals surface area contributed by atoms with Crippen LogP contribution in [-0.2, 0) is 0 Å². The third-order valence-electron chi connectivity index (χ3n) is 5.64. The molecular weight excluding hydrogens is 589 g/mol. The van der Waals surface area contributed by atoms with E-state index in [2.05, 4.69) is 26.7 Å². The molecule has 2 unspecified atom stereocenters. The normalized spacial score (nSPS) is 14.7. The standard InChI is InChI=1S/C26H25F6O3P.C3H8.C2H6.C2H2/c1-33-20-9-5-10-21(34-2)23(20)19-8-4-11-22(35-3)24(19)36-12-6-7-16-13-17(25(27,28)29)15-18(14-16)26(30,31)32;1-3-2;2*1-2/h4-6,8-14,17,36H,7,15H2,1-3H3;3H2,1-2H3;1-2H3;1-2H. The van der Waals surface area contributed by atoms with Crippen LogP contribution in [0.3, 0.4) is 0 Å². The number of methoxy groups -OCH3 is 3. The zero-order chi connectivity index (χ0) is 33.2. The molecule has 2 aromatic carbocycles. The highest BCUT2D eigenvalue weighted by Crippen LogP contribution is 2.43.